The van der Waals surface area contributed by atoms with E-state index in [9.17, 15) is 0 Å². The second kappa shape index (κ2) is 8.70. The zero-order valence-corrected chi connectivity index (χ0v) is 16.1. The van der Waals surface area contributed by atoms with Crippen LogP contribution in [0.5, 0.6) is 0 Å². The first-order chi connectivity index (χ1) is 12.7. The molecule has 0 saturated carbocycles. The maximum Gasteiger partial charge on any atom is 0.193 e. The third-order valence-electron chi connectivity index (χ3n) is 4.97. The summed E-state index contributed by atoms with van der Waals surface area (Å²) in [7, 11) is 1.87. The van der Waals surface area contributed by atoms with Crippen molar-refractivity contribution in [2.24, 2.45) is 4.99 Å². The van der Waals surface area contributed by atoms with Gasteiger partial charge in [0.05, 0.1) is 0 Å². The summed E-state index contributed by atoms with van der Waals surface area (Å²) < 4.78 is 0. The number of nitrogens with one attached hydrogen (secondary N) is 1. The molecule has 0 aliphatic carbocycles. The first kappa shape index (κ1) is 18.2. The number of nitrogens with zero attached hydrogens (tertiary/aromatic N) is 4. The number of hydrogen-bond donors (Lipinski definition) is 1. The molecule has 1 aliphatic rings. The zero-order chi connectivity index (χ0) is 18.4. The molecule has 3 rings (SSSR count). The lowest BCUT2D eigenvalue weighted by molar-refractivity contribution is 0.373. The summed E-state index contributed by atoms with van der Waals surface area (Å²) in [6.45, 7) is 9.17. The van der Waals surface area contributed by atoms with E-state index in [2.05, 4.69) is 69.3 Å². The Kier molecular flexibility index (Phi) is 6.10. The van der Waals surface area contributed by atoms with Gasteiger partial charge in [-0.15, -0.1) is 0 Å². The highest BCUT2D eigenvalue weighted by atomic mass is 15.3. The van der Waals surface area contributed by atoms with Gasteiger partial charge in [-0.2, -0.15) is 0 Å². The average molecular weight is 351 g/mol. The molecule has 1 N–H and O–H groups in total. The van der Waals surface area contributed by atoms with Crippen LogP contribution in [-0.4, -0.2) is 55.6 Å². The largest absolute Gasteiger partial charge is 0.368 e. The molecule has 5 heteroatoms. The van der Waals surface area contributed by atoms with Gasteiger partial charge in [-0.05, 0) is 55.2 Å². The van der Waals surface area contributed by atoms with Gasteiger partial charge in [0.2, 0.25) is 0 Å². The van der Waals surface area contributed by atoms with Crippen molar-refractivity contribution >= 4 is 11.6 Å². The van der Waals surface area contributed by atoms with E-state index in [1.165, 1.54) is 22.4 Å². The number of rotatable bonds is 4. The third kappa shape index (κ3) is 4.54. The Morgan fingerprint density at radius 3 is 2.65 bits per heavy atom. The smallest absolute Gasteiger partial charge is 0.193 e. The van der Waals surface area contributed by atoms with E-state index in [1.807, 2.05) is 19.4 Å². The van der Waals surface area contributed by atoms with Gasteiger partial charge in [0, 0.05) is 57.9 Å². The summed E-state index contributed by atoms with van der Waals surface area (Å²) in [4.78, 5) is 13.4. The standard InChI is InChI=1S/C21H29N5/c1-17-5-4-6-20(15-17)25-11-13-26(14-12-25)21(22-3)24-10-8-19-7-9-23-16-18(19)2/h4-7,9,15-16H,8,10-14H2,1-3H3,(H,22,24). The minimum absolute atomic E-state index is 0.885. The van der Waals surface area contributed by atoms with Crippen molar-refractivity contribution in [3.8, 4) is 0 Å². The lowest BCUT2D eigenvalue weighted by atomic mass is 10.1. The van der Waals surface area contributed by atoms with Crippen LogP contribution >= 0.6 is 0 Å². The SMILES string of the molecule is CN=C(NCCc1ccncc1C)N1CCN(c2cccc(C)c2)CC1. The predicted molar refractivity (Wildman–Crippen MR) is 109 cm³/mol. The fourth-order valence-corrected chi connectivity index (χ4v) is 3.43. The van der Waals surface area contributed by atoms with Crippen LogP contribution in [0.25, 0.3) is 0 Å². The Balaban J connectivity index is 1.50. The third-order valence-corrected chi connectivity index (χ3v) is 4.97. The highest BCUT2D eigenvalue weighted by molar-refractivity contribution is 5.80. The molecule has 2 aromatic rings. The molecular weight excluding hydrogens is 322 g/mol. The Bertz CT molecular complexity index is 748. The molecule has 26 heavy (non-hydrogen) atoms. The van der Waals surface area contributed by atoms with Crippen LogP contribution in [0.2, 0.25) is 0 Å². The summed E-state index contributed by atoms with van der Waals surface area (Å²) in [6, 6.07) is 10.8. The molecule has 0 spiro atoms. The van der Waals surface area contributed by atoms with Crippen LogP contribution in [0, 0.1) is 13.8 Å². The van der Waals surface area contributed by atoms with Gasteiger partial charge < -0.3 is 15.1 Å². The zero-order valence-electron chi connectivity index (χ0n) is 16.1. The van der Waals surface area contributed by atoms with Gasteiger partial charge in [0.15, 0.2) is 5.96 Å². The van der Waals surface area contributed by atoms with E-state index in [1.54, 1.807) is 0 Å². The molecule has 0 bridgehead atoms. The summed E-state index contributed by atoms with van der Waals surface area (Å²) in [5.41, 5.74) is 5.22. The van der Waals surface area contributed by atoms with Gasteiger partial charge in [-0.3, -0.25) is 9.98 Å². The number of hydrogen-bond acceptors (Lipinski definition) is 3. The van der Waals surface area contributed by atoms with E-state index in [0.717, 1.165) is 45.1 Å². The molecule has 1 aromatic carbocycles. The minimum atomic E-state index is 0.885. The van der Waals surface area contributed by atoms with Crippen molar-refractivity contribution in [3.05, 3.63) is 59.4 Å². The molecule has 0 atom stereocenters. The lowest BCUT2D eigenvalue weighted by Gasteiger charge is -2.37. The molecule has 0 amide bonds. The van der Waals surface area contributed by atoms with Crippen molar-refractivity contribution < 1.29 is 0 Å². The Labute approximate surface area is 156 Å². The summed E-state index contributed by atoms with van der Waals surface area (Å²) >= 11 is 0. The number of aromatic nitrogens is 1. The average Bonchev–Trinajstić information content (AvgIpc) is 2.67. The molecule has 0 unspecified atom stereocenters. The Morgan fingerprint density at radius 1 is 1.15 bits per heavy atom. The minimum Gasteiger partial charge on any atom is -0.368 e. The van der Waals surface area contributed by atoms with Crippen LogP contribution < -0.4 is 10.2 Å². The van der Waals surface area contributed by atoms with Crippen LogP contribution in [-0.2, 0) is 6.42 Å². The second-order valence-electron chi connectivity index (χ2n) is 6.84. The normalized spacial score (nSPS) is 15.3. The maximum absolute atomic E-state index is 4.48. The van der Waals surface area contributed by atoms with Gasteiger partial charge >= 0.3 is 0 Å². The fraction of sp³-hybridized carbons (Fsp3) is 0.429. The number of pyridine rings is 1. The van der Waals surface area contributed by atoms with Crippen LogP contribution in [0.4, 0.5) is 5.69 Å². The maximum atomic E-state index is 4.48. The topological polar surface area (TPSA) is 43.8 Å². The molecule has 138 valence electrons. The van der Waals surface area contributed by atoms with E-state index < -0.39 is 0 Å². The quantitative estimate of drug-likeness (QED) is 0.679. The first-order valence-corrected chi connectivity index (χ1v) is 9.34. The summed E-state index contributed by atoms with van der Waals surface area (Å²) in [5.74, 6) is 1.00. The first-order valence-electron chi connectivity index (χ1n) is 9.34. The monoisotopic (exact) mass is 351 g/mol. The van der Waals surface area contributed by atoms with Gasteiger partial charge in [-0.1, -0.05) is 12.1 Å². The fourth-order valence-electron chi connectivity index (χ4n) is 3.43. The highest BCUT2D eigenvalue weighted by Crippen LogP contribution is 2.17. The molecule has 1 aliphatic heterocycles. The summed E-state index contributed by atoms with van der Waals surface area (Å²) in [5, 5.41) is 3.52. The van der Waals surface area contributed by atoms with Crippen molar-refractivity contribution in [2.75, 3.05) is 44.7 Å². The van der Waals surface area contributed by atoms with Crippen LogP contribution in [0.15, 0.2) is 47.7 Å². The van der Waals surface area contributed by atoms with Gasteiger partial charge in [0.25, 0.3) is 0 Å². The molecular formula is C21H29N5. The van der Waals surface area contributed by atoms with E-state index in [0.29, 0.717) is 0 Å². The van der Waals surface area contributed by atoms with Crippen LogP contribution in [0.1, 0.15) is 16.7 Å². The molecule has 1 fully saturated rings. The number of piperazine rings is 1. The predicted octanol–water partition coefficient (Wildman–Crippen LogP) is 2.64. The second-order valence-corrected chi connectivity index (χ2v) is 6.84. The number of aryl methyl sites for hydroxylation is 2. The number of benzene rings is 1. The van der Waals surface area contributed by atoms with Crippen molar-refractivity contribution in [1.82, 2.24) is 15.2 Å². The molecule has 1 aromatic heterocycles. The highest BCUT2D eigenvalue weighted by Gasteiger charge is 2.19. The van der Waals surface area contributed by atoms with E-state index >= 15 is 0 Å². The molecule has 2 heterocycles. The van der Waals surface area contributed by atoms with E-state index in [-0.39, 0.29) is 0 Å². The van der Waals surface area contributed by atoms with Crippen molar-refractivity contribution in [1.29, 1.82) is 0 Å². The Morgan fingerprint density at radius 2 is 1.96 bits per heavy atom. The van der Waals surface area contributed by atoms with Gasteiger partial charge in [0.1, 0.15) is 0 Å². The number of guanidine groups is 1. The van der Waals surface area contributed by atoms with Crippen molar-refractivity contribution in [3.63, 3.8) is 0 Å². The van der Waals surface area contributed by atoms with Gasteiger partial charge in [-0.25, -0.2) is 0 Å². The lowest BCUT2D eigenvalue weighted by Crippen LogP contribution is -2.52. The van der Waals surface area contributed by atoms with Crippen molar-refractivity contribution in [2.45, 2.75) is 20.3 Å². The summed E-state index contributed by atoms with van der Waals surface area (Å²) in [6.07, 6.45) is 4.77. The molecule has 1 saturated heterocycles. The Hall–Kier alpha value is -2.56. The van der Waals surface area contributed by atoms with E-state index in [4.69, 9.17) is 0 Å². The van der Waals surface area contributed by atoms with Crippen LogP contribution in [0.3, 0.4) is 0 Å². The number of aliphatic imine (C=N–C) groups is 1. The molecule has 5 nitrogen and oxygen atoms in total. The number of anilines is 1. The molecule has 0 radical (unpaired) electrons.